The summed E-state index contributed by atoms with van der Waals surface area (Å²) in [4.78, 5) is 0. The van der Waals surface area contributed by atoms with Crippen molar-refractivity contribution in [3.63, 3.8) is 0 Å². The summed E-state index contributed by atoms with van der Waals surface area (Å²) in [6.07, 6.45) is 4.89. The maximum atomic E-state index is 5.94. The topological polar surface area (TPSA) is 18.5 Å². The van der Waals surface area contributed by atoms with Crippen LogP contribution in [0.15, 0.2) is 72.7 Å². The van der Waals surface area contributed by atoms with E-state index in [1.165, 1.54) is 10.4 Å². The number of allylic oxidation sites excluding steroid dienone is 1. The smallest absolute Gasteiger partial charge is 0.274 e. The van der Waals surface area contributed by atoms with Gasteiger partial charge in [0.15, 0.2) is 8.80 Å². The van der Waals surface area contributed by atoms with Gasteiger partial charge in [-0.3, -0.25) is 0 Å². The summed E-state index contributed by atoms with van der Waals surface area (Å²) in [6.45, 7) is 0.768. The highest BCUT2D eigenvalue weighted by Crippen LogP contribution is 2.11. The highest BCUT2D eigenvalue weighted by Gasteiger charge is 2.19. The van der Waals surface area contributed by atoms with Crippen molar-refractivity contribution in [2.45, 2.75) is 12.8 Å². The van der Waals surface area contributed by atoms with Gasteiger partial charge in [0.25, 0.3) is 5.95 Å². The molecular formula is C18H19O2Si. The second kappa shape index (κ2) is 7.13. The van der Waals surface area contributed by atoms with Gasteiger partial charge in [-0.2, -0.15) is 0 Å². The molecule has 21 heavy (non-hydrogen) atoms. The third kappa shape index (κ3) is 3.76. The van der Waals surface area contributed by atoms with Crippen LogP contribution in [-0.2, 0) is 9.47 Å². The average molecular weight is 295 g/mol. The molecule has 0 unspecified atom stereocenters. The van der Waals surface area contributed by atoms with Crippen molar-refractivity contribution in [3.8, 4) is 0 Å². The van der Waals surface area contributed by atoms with Crippen molar-refractivity contribution in [2.24, 2.45) is 0 Å². The summed E-state index contributed by atoms with van der Waals surface area (Å²) < 4.78 is 11.5. The maximum absolute atomic E-state index is 5.94. The normalized spacial score (nSPS) is 14.4. The zero-order valence-electron chi connectivity index (χ0n) is 12.0. The number of hydrogen-bond acceptors (Lipinski definition) is 2. The van der Waals surface area contributed by atoms with Crippen molar-refractivity contribution >= 4 is 19.2 Å². The number of rotatable bonds is 5. The summed E-state index contributed by atoms with van der Waals surface area (Å²) >= 11 is 0. The van der Waals surface area contributed by atoms with Gasteiger partial charge in [-0.15, -0.1) is 0 Å². The first-order valence-corrected chi connectivity index (χ1v) is 9.06. The molecule has 0 spiro atoms. The minimum atomic E-state index is -0.942. The average Bonchev–Trinajstić information content (AvgIpc) is 2.58. The van der Waals surface area contributed by atoms with Gasteiger partial charge in [-0.25, -0.2) is 0 Å². The Kier molecular flexibility index (Phi) is 4.74. The zero-order chi connectivity index (χ0) is 14.3. The minimum Gasteiger partial charge on any atom is -0.469 e. The molecule has 0 amide bonds. The largest absolute Gasteiger partial charge is 0.469 e. The van der Waals surface area contributed by atoms with E-state index in [9.17, 15) is 0 Å². The molecule has 0 aromatic heterocycles. The van der Waals surface area contributed by atoms with Crippen LogP contribution >= 0.6 is 0 Å². The Labute approximate surface area is 127 Å². The van der Waals surface area contributed by atoms with Crippen LogP contribution in [0.25, 0.3) is 0 Å². The van der Waals surface area contributed by atoms with E-state index in [-0.39, 0.29) is 0 Å². The molecule has 0 N–H and O–H groups in total. The van der Waals surface area contributed by atoms with Crippen LogP contribution in [0.4, 0.5) is 0 Å². The maximum Gasteiger partial charge on any atom is 0.274 e. The Hall–Kier alpha value is -2.00. The number of hydrogen-bond donors (Lipinski definition) is 0. The monoisotopic (exact) mass is 295 g/mol. The minimum absolute atomic E-state index is 0.699. The fraction of sp³-hybridized carbons (Fsp3) is 0.222. The van der Waals surface area contributed by atoms with Crippen molar-refractivity contribution in [1.29, 1.82) is 0 Å². The summed E-state index contributed by atoms with van der Waals surface area (Å²) in [7, 11) is -0.942. The fourth-order valence-electron chi connectivity index (χ4n) is 2.39. The summed E-state index contributed by atoms with van der Waals surface area (Å²) in [5, 5.41) is 2.73. The summed E-state index contributed by atoms with van der Waals surface area (Å²) in [5.41, 5.74) is 0. The Morgan fingerprint density at radius 3 is 2.05 bits per heavy atom. The van der Waals surface area contributed by atoms with Crippen molar-refractivity contribution < 1.29 is 9.47 Å². The first-order valence-electron chi connectivity index (χ1n) is 7.36. The molecule has 1 aliphatic heterocycles. The lowest BCUT2D eigenvalue weighted by Gasteiger charge is -2.20. The van der Waals surface area contributed by atoms with Crippen molar-refractivity contribution in [1.82, 2.24) is 0 Å². The van der Waals surface area contributed by atoms with E-state index >= 15 is 0 Å². The first kappa shape index (κ1) is 14.0. The van der Waals surface area contributed by atoms with Crippen LogP contribution in [0.3, 0.4) is 0 Å². The Balaban J connectivity index is 1.78. The molecule has 2 aromatic rings. The Morgan fingerprint density at radius 2 is 1.52 bits per heavy atom. The zero-order valence-corrected chi connectivity index (χ0v) is 13.0. The second-order valence-electron chi connectivity index (χ2n) is 5.01. The van der Waals surface area contributed by atoms with Gasteiger partial charge in [-0.05, 0) is 18.9 Å². The molecule has 107 valence electrons. The first-order chi connectivity index (χ1) is 10.4. The van der Waals surface area contributed by atoms with Gasteiger partial charge in [0.2, 0.25) is 0 Å². The highest BCUT2D eigenvalue weighted by molar-refractivity contribution is 6.85. The quantitative estimate of drug-likeness (QED) is 0.789. The van der Waals surface area contributed by atoms with Gasteiger partial charge in [0.05, 0.1) is 12.8 Å². The van der Waals surface area contributed by atoms with E-state index in [0.717, 1.165) is 19.4 Å². The molecule has 0 aliphatic carbocycles. The van der Waals surface area contributed by atoms with Gasteiger partial charge in [-0.1, -0.05) is 71.0 Å². The molecule has 3 rings (SSSR count). The SMILES string of the molecule is C1=C(OC[Si](c2ccccc2)c2ccccc2)OCCC1. The van der Waals surface area contributed by atoms with Crippen LogP contribution < -0.4 is 10.4 Å². The van der Waals surface area contributed by atoms with Gasteiger partial charge >= 0.3 is 0 Å². The van der Waals surface area contributed by atoms with Gasteiger partial charge in [0.1, 0.15) is 0 Å². The molecule has 0 bridgehead atoms. The Bertz CT molecular complexity index is 541. The standard InChI is InChI=1S/C18H19O2Si/c1-3-9-16(10-4-1)21(17-11-5-2-6-12-17)15-20-18-13-7-8-14-19-18/h1-6,9-13H,7-8,14-15H2. The molecule has 1 heterocycles. The molecule has 1 aliphatic rings. The summed E-state index contributed by atoms with van der Waals surface area (Å²) in [5.74, 6) is 0.704. The lowest BCUT2D eigenvalue weighted by molar-refractivity contribution is 0.0414. The molecule has 0 fully saturated rings. The number of benzene rings is 2. The number of ether oxygens (including phenoxy) is 2. The van der Waals surface area contributed by atoms with Crippen LogP contribution in [0, 0.1) is 0 Å². The molecule has 1 radical (unpaired) electrons. The lowest BCUT2D eigenvalue weighted by atomic mass is 10.3. The van der Waals surface area contributed by atoms with Gasteiger partial charge in [0, 0.05) is 0 Å². The predicted octanol–water partition coefficient (Wildman–Crippen LogP) is 2.50. The highest BCUT2D eigenvalue weighted by atomic mass is 28.3. The van der Waals surface area contributed by atoms with E-state index in [1.54, 1.807) is 0 Å². The fourth-order valence-corrected chi connectivity index (χ4v) is 4.53. The van der Waals surface area contributed by atoms with Gasteiger partial charge < -0.3 is 9.47 Å². The molecule has 0 saturated carbocycles. The summed E-state index contributed by atoms with van der Waals surface area (Å²) in [6, 6.07) is 21.3. The third-order valence-corrected chi connectivity index (χ3v) is 6.00. The molecule has 0 atom stereocenters. The van der Waals surface area contributed by atoms with Crippen molar-refractivity contribution in [2.75, 3.05) is 12.8 Å². The van der Waals surface area contributed by atoms with E-state index in [1.807, 2.05) is 0 Å². The molecule has 3 heteroatoms. The van der Waals surface area contributed by atoms with E-state index in [0.29, 0.717) is 12.2 Å². The van der Waals surface area contributed by atoms with Crippen molar-refractivity contribution in [3.05, 3.63) is 72.7 Å². The predicted molar refractivity (Wildman–Crippen MR) is 87.1 cm³/mol. The molecule has 0 saturated heterocycles. The van der Waals surface area contributed by atoms with Crippen LogP contribution in [0.1, 0.15) is 12.8 Å². The van der Waals surface area contributed by atoms with E-state index in [4.69, 9.17) is 9.47 Å². The molecular weight excluding hydrogens is 276 g/mol. The van der Waals surface area contributed by atoms with E-state index < -0.39 is 8.80 Å². The second-order valence-corrected chi connectivity index (χ2v) is 7.41. The lowest BCUT2D eigenvalue weighted by Crippen LogP contribution is -2.46. The van der Waals surface area contributed by atoms with Crippen LogP contribution in [0.5, 0.6) is 0 Å². The molecule has 2 aromatic carbocycles. The third-order valence-electron chi connectivity index (χ3n) is 3.51. The Morgan fingerprint density at radius 1 is 0.905 bits per heavy atom. The van der Waals surface area contributed by atoms with E-state index in [2.05, 4.69) is 66.7 Å². The molecule has 2 nitrogen and oxygen atoms in total. The van der Waals surface area contributed by atoms with Crippen LogP contribution in [0.2, 0.25) is 0 Å². The van der Waals surface area contributed by atoms with Crippen LogP contribution in [-0.4, -0.2) is 21.6 Å².